The Morgan fingerprint density at radius 3 is 2.48 bits per heavy atom. The second kappa shape index (κ2) is 8.21. The van der Waals surface area contributed by atoms with Crippen LogP contribution in [-0.2, 0) is 9.53 Å². The summed E-state index contributed by atoms with van der Waals surface area (Å²) in [5.41, 5.74) is -0.362. The zero-order chi connectivity index (χ0) is 21.1. The maximum Gasteiger partial charge on any atom is 0.339 e. The van der Waals surface area contributed by atoms with Crippen LogP contribution in [0.1, 0.15) is 30.1 Å². The van der Waals surface area contributed by atoms with Crippen molar-refractivity contribution in [3.8, 4) is 0 Å². The molecule has 8 nitrogen and oxygen atoms in total. The molecule has 2 N–H and O–H groups in total. The Labute approximate surface area is 164 Å². The van der Waals surface area contributed by atoms with Crippen LogP contribution in [0.25, 0.3) is 0 Å². The number of hydrogen-bond donors (Lipinski definition) is 2. The van der Waals surface area contributed by atoms with Crippen molar-refractivity contribution in [2.75, 3.05) is 10.6 Å². The van der Waals surface area contributed by atoms with E-state index in [2.05, 4.69) is 10.6 Å². The van der Waals surface area contributed by atoms with Crippen LogP contribution >= 0.6 is 0 Å². The number of benzene rings is 2. The van der Waals surface area contributed by atoms with Crippen molar-refractivity contribution in [2.45, 2.75) is 31.9 Å². The summed E-state index contributed by atoms with van der Waals surface area (Å²) in [6.07, 6.45) is 0.514. The van der Waals surface area contributed by atoms with Crippen LogP contribution in [0.5, 0.6) is 0 Å². The van der Waals surface area contributed by atoms with Gasteiger partial charge in [0.05, 0.1) is 16.2 Å². The Morgan fingerprint density at radius 2 is 1.86 bits per heavy atom. The molecule has 0 aromatic heterocycles. The highest BCUT2D eigenvalue weighted by Crippen LogP contribution is 2.31. The maximum absolute atomic E-state index is 13.6. The van der Waals surface area contributed by atoms with Gasteiger partial charge in [-0.05, 0) is 44.0 Å². The predicted octanol–water partition coefficient (Wildman–Crippen LogP) is 3.63. The molecule has 10 heteroatoms. The van der Waals surface area contributed by atoms with Gasteiger partial charge in [-0.25, -0.2) is 13.6 Å². The lowest BCUT2D eigenvalue weighted by Crippen LogP contribution is -2.30. The number of nitrogens with zero attached hydrogens (tertiary/aromatic N) is 1. The zero-order valence-corrected chi connectivity index (χ0v) is 15.3. The molecule has 1 aliphatic rings. The minimum absolute atomic E-state index is 0.106. The minimum Gasteiger partial charge on any atom is -0.449 e. The fourth-order valence-corrected chi connectivity index (χ4v) is 2.49. The Bertz CT molecular complexity index is 978. The lowest BCUT2D eigenvalue weighted by Gasteiger charge is -2.14. The smallest absolute Gasteiger partial charge is 0.339 e. The number of nitro groups is 1. The van der Waals surface area contributed by atoms with E-state index in [9.17, 15) is 28.5 Å². The summed E-state index contributed by atoms with van der Waals surface area (Å²) >= 11 is 0. The number of carbonyl (C=O) groups excluding carboxylic acids is 2. The Balaban J connectivity index is 1.67. The van der Waals surface area contributed by atoms with Crippen LogP contribution in [-0.4, -0.2) is 28.9 Å². The summed E-state index contributed by atoms with van der Waals surface area (Å²) in [5.74, 6) is -3.58. The number of amides is 1. The Kier molecular flexibility index (Phi) is 5.71. The third kappa shape index (κ3) is 5.03. The molecule has 1 saturated carbocycles. The van der Waals surface area contributed by atoms with Crippen LogP contribution in [0.2, 0.25) is 0 Å². The molecule has 152 valence electrons. The number of hydrogen-bond acceptors (Lipinski definition) is 6. The SMILES string of the molecule is C[C@H](OC(=O)c1ccc(NC2CC2)c([N+](=O)[O-])c1)C(=O)Nc1ccc(F)cc1F. The summed E-state index contributed by atoms with van der Waals surface area (Å²) in [5, 5.41) is 16.5. The highest BCUT2D eigenvalue weighted by molar-refractivity contribution is 5.98. The van der Waals surface area contributed by atoms with E-state index in [1.54, 1.807) is 0 Å². The third-order valence-electron chi connectivity index (χ3n) is 4.21. The maximum atomic E-state index is 13.6. The van der Waals surface area contributed by atoms with Gasteiger partial charge < -0.3 is 15.4 Å². The molecule has 0 heterocycles. The van der Waals surface area contributed by atoms with E-state index in [0.29, 0.717) is 11.8 Å². The second-order valence-electron chi connectivity index (χ2n) is 6.57. The molecule has 0 unspecified atom stereocenters. The quantitative estimate of drug-likeness (QED) is 0.413. The summed E-state index contributed by atoms with van der Waals surface area (Å²) in [4.78, 5) is 35.0. The topological polar surface area (TPSA) is 111 Å². The first-order chi connectivity index (χ1) is 13.7. The summed E-state index contributed by atoms with van der Waals surface area (Å²) in [7, 11) is 0. The molecular formula is C19H17F2N3O5. The minimum atomic E-state index is -1.32. The first kappa shape index (κ1) is 20.2. The Morgan fingerprint density at radius 1 is 1.17 bits per heavy atom. The van der Waals surface area contributed by atoms with E-state index in [0.717, 1.165) is 31.0 Å². The molecule has 1 aliphatic carbocycles. The number of carbonyl (C=O) groups is 2. The highest BCUT2D eigenvalue weighted by Gasteiger charge is 2.27. The number of esters is 1. The molecule has 0 spiro atoms. The van der Waals surface area contributed by atoms with Crippen molar-refractivity contribution in [3.63, 3.8) is 0 Å². The van der Waals surface area contributed by atoms with Gasteiger partial charge in [-0.3, -0.25) is 14.9 Å². The molecule has 0 saturated heterocycles. The van der Waals surface area contributed by atoms with Gasteiger partial charge in [-0.2, -0.15) is 0 Å². The second-order valence-corrected chi connectivity index (χ2v) is 6.57. The average molecular weight is 405 g/mol. The summed E-state index contributed by atoms with van der Waals surface area (Å²) in [6, 6.07) is 6.61. The van der Waals surface area contributed by atoms with Crippen LogP contribution in [0.15, 0.2) is 36.4 Å². The van der Waals surface area contributed by atoms with Crippen molar-refractivity contribution in [2.24, 2.45) is 0 Å². The van der Waals surface area contributed by atoms with Crippen molar-refractivity contribution in [3.05, 3.63) is 63.7 Å². The number of nitro benzene ring substituents is 1. The molecule has 0 aliphatic heterocycles. The summed E-state index contributed by atoms with van der Waals surface area (Å²) < 4.78 is 31.6. The largest absolute Gasteiger partial charge is 0.449 e. The van der Waals surface area contributed by atoms with Crippen molar-refractivity contribution in [1.29, 1.82) is 0 Å². The lowest BCUT2D eigenvalue weighted by atomic mass is 10.1. The van der Waals surface area contributed by atoms with Crippen molar-refractivity contribution < 1.29 is 28.0 Å². The van der Waals surface area contributed by atoms with Crippen LogP contribution < -0.4 is 10.6 Å². The molecule has 0 radical (unpaired) electrons. The van der Waals surface area contributed by atoms with Gasteiger partial charge in [0.15, 0.2) is 6.10 Å². The molecule has 2 aromatic carbocycles. The van der Waals surface area contributed by atoms with Crippen molar-refractivity contribution in [1.82, 2.24) is 0 Å². The fraction of sp³-hybridized carbons (Fsp3) is 0.263. The van der Waals surface area contributed by atoms with E-state index in [4.69, 9.17) is 4.74 Å². The van der Waals surface area contributed by atoms with Crippen LogP contribution in [0.3, 0.4) is 0 Å². The predicted molar refractivity (Wildman–Crippen MR) is 99.6 cm³/mol. The summed E-state index contributed by atoms with van der Waals surface area (Å²) in [6.45, 7) is 1.26. The van der Waals surface area contributed by atoms with Gasteiger partial charge in [-0.1, -0.05) is 0 Å². The fourth-order valence-electron chi connectivity index (χ4n) is 2.49. The monoisotopic (exact) mass is 405 g/mol. The average Bonchev–Trinajstić information content (AvgIpc) is 3.48. The van der Waals surface area contributed by atoms with Gasteiger partial charge >= 0.3 is 5.97 Å². The molecule has 1 fully saturated rings. The molecule has 1 amide bonds. The molecule has 2 aromatic rings. The lowest BCUT2D eigenvalue weighted by molar-refractivity contribution is -0.384. The first-order valence-corrected chi connectivity index (χ1v) is 8.76. The zero-order valence-electron chi connectivity index (χ0n) is 15.3. The number of halogens is 2. The molecule has 29 heavy (non-hydrogen) atoms. The van der Waals surface area contributed by atoms with Gasteiger partial charge in [0.2, 0.25) is 0 Å². The van der Waals surface area contributed by atoms with Gasteiger partial charge in [0, 0.05) is 18.2 Å². The first-order valence-electron chi connectivity index (χ1n) is 8.76. The normalized spacial score (nSPS) is 14.0. The van der Waals surface area contributed by atoms with E-state index >= 15 is 0 Å². The van der Waals surface area contributed by atoms with E-state index < -0.39 is 34.5 Å². The molecule has 3 rings (SSSR count). The van der Waals surface area contributed by atoms with Gasteiger partial charge in [0.1, 0.15) is 17.3 Å². The highest BCUT2D eigenvalue weighted by atomic mass is 19.1. The van der Waals surface area contributed by atoms with Gasteiger partial charge in [-0.15, -0.1) is 0 Å². The van der Waals surface area contributed by atoms with Gasteiger partial charge in [0.25, 0.3) is 11.6 Å². The number of ether oxygens (including phenoxy) is 1. The number of nitrogens with one attached hydrogen (secondary N) is 2. The standard InChI is InChI=1S/C19H17F2N3O5/c1-10(18(25)23-15-7-3-12(20)9-14(15)21)29-19(26)11-2-6-16(22-13-4-5-13)17(8-11)24(27)28/h2-3,6-10,13,22H,4-5H2,1H3,(H,23,25)/t10-/m0/s1. The molecule has 1 atom stereocenters. The molecular weight excluding hydrogens is 388 g/mol. The van der Waals surface area contributed by atoms with E-state index in [1.807, 2.05) is 0 Å². The third-order valence-corrected chi connectivity index (χ3v) is 4.21. The Hall–Kier alpha value is -3.56. The van der Waals surface area contributed by atoms with Crippen molar-refractivity contribution >= 4 is 28.9 Å². The number of anilines is 2. The number of rotatable bonds is 7. The van der Waals surface area contributed by atoms with Crippen LogP contribution in [0, 0.1) is 21.7 Å². The van der Waals surface area contributed by atoms with Crippen LogP contribution in [0.4, 0.5) is 25.8 Å². The van der Waals surface area contributed by atoms with E-state index in [1.165, 1.54) is 19.1 Å². The van der Waals surface area contributed by atoms with E-state index in [-0.39, 0.29) is 23.0 Å². The molecule has 0 bridgehead atoms.